The Labute approximate surface area is 148 Å². The second-order valence-corrected chi connectivity index (χ2v) is 6.94. The summed E-state index contributed by atoms with van der Waals surface area (Å²) < 4.78 is 10.4. The number of rotatable bonds is 3. The van der Waals surface area contributed by atoms with Gasteiger partial charge in [0.2, 0.25) is 0 Å². The molecule has 25 heavy (non-hydrogen) atoms. The van der Waals surface area contributed by atoms with Crippen molar-refractivity contribution in [1.82, 2.24) is 10.2 Å². The van der Waals surface area contributed by atoms with E-state index in [4.69, 9.17) is 9.47 Å². The van der Waals surface area contributed by atoms with Crippen molar-refractivity contribution >= 4 is 17.7 Å². The smallest absolute Gasteiger partial charge is 0.410 e. The lowest BCUT2D eigenvalue weighted by Gasteiger charge is -2.35. The molecule has 1 fully saturated rings. The fourth-order valence-corrected chi connectivity index (χ4v) is 2.85. The van der Waals surface area contributed by atoms with E-state index >= 15 is 0 Å². The molecule has 7 heteroatoms. The van der Waals surface area contributed by atoms with Gasteiger partial charge in [-0.2, -0.15) is 0 Å². The Hall–Kier alpha value is -2.28. The molecule has 1 aromatic rings. The predicted octanol–water partition coefficient (Wildman–Crippen LogP) is 2.40. The summed E-state index contributed by atoms with van der Waals surface area (Å²) in [4.78, 5) is 26.3. The number of benzene rings is 1. The second kappa shape index (κ2) is 7.74. The van der Waals surface area contributed by atoms with Gasteiger partial charge in [0.05, 0.1) is 18.7 Å². The van der Waals surface area contributed by atoms with Gasteiger partial charge in [0.25, 0.3) is 0 Å². The van der Waals surface area contributed by atoms with Gasteiger partial charge < -0.3 is 25.0 Å². The summed E-state index contributed by atoms with van der Waals surface area (Å²) in [6.07, 6.45) is -0.344. The Bertz CT molecular complexity index is 640. The minimum atomic E-state index is -0.541. The normalized spacial score (nSPS) is 17.8. The van der Waals surface area contributed by atoms with Crippen LogP contribution < -0.4 is 10.6 Å². The molecule has 0 aromatic heterocycles. The van der Waals surface area contributed by atoms with E-state index in [0.717, 1.165) is 5.56 Å². The Morgan fingerprint density at radius 2 is 2.04 bits per heavy atom. The highest BCUT2D eigenvalue weighted by Gasteiger charge is 2.30. The molecule has 0 spiro atoms. The van der Waals surface area contributed by atoms with Crippen molar-refractivity contribution in [2.75, 3.05) is 39.1 Å². The highest BCUT2D eigenvalue weighted by molar-refractivity contribution is 5.97. The number of hydrogen-bond donors (Lipinski definition) is 2. The molecular weight excluding hydrogens is 322 g/mol. The lowest BCUT2D eigenvalue weighted by atomic mass is 9.97. The van der Waals surface area contributed by atoms with Gasteiger partial charge in [0.1, 0.15) is 5.60 Å². The summed E-state index contributed by atoms with van der Waals surface area (Å²) in [5.41, 5.74) is 1.43. The zero-order valence-electron chi connectivity index (χ0n) is 15.5. The Morgan fingerprint density at radius 1 is 1.32 bits per heavy atom. The molecule has 0 bridgehead atoms. The third-order valence-electron chi connectivity index (χ3n) is 3.96. The third kappa shape index (κ3) is 4.63. The average molecular weight is 349 g/mol. The first-order valence-electron chi connectivity index (χ1n) is 8.37. The van der Waals surface area contributed by atoms with Crippen LogP contribution in [0.3, 0.4) is 0 Å². The van der Waals surface area contributed by atoms with Gasteiger partial charge in [-0.1, -0.05) is 12.1 Å². The van der Waals surface area contributed by atoms with Crippen molar-refractivity contribution in [1.29, 1.82) is 0 Å². The molecule has 1 aliphatic rings. The van der Waals surface area contributed by atoms with E-state index < -0.39 is 11.6 Å². The molecule has 2 N–H and O–H groups in total. The van der Waals surface area contributed by atoms with Crippen molar-refractivity contribution < 1.29 is 19.1 Å². The van der Waals surface area contributed by atoms with Gasteiger partial charge in [-0.25, -0.2) is 9.59 Å². The number of esters is 1. The van der Waals surface area contributed by atoms with Crippen molar-refractivity contribution in [3.05, 3.63) is 29.3 Å². The molecule has 1 saturated heterocycles. The maximum atomic E-state index is 12.4. The molecule has 1 atom stereocenters. The summed E-state index contributed by atoms with van der Waals surface area (Å²) in [6.45, 7) is 7.13. The van der Waals surface area contributed by atoms with Gasteiger partial charge in [-0.05, 0) is 32.4 Å². The average Bonchev–Trinajstić information content (AvgIpc) is 2.59. The quantitative estimate of drug-likeness (QED) is 0.816. The van der Waals surface area contributed by atoms with Crippen molar-refractivity contribution in [2.24, 2.45) is 0 Å². The van der Waals surface area contributed by atoms with Gasteiger partial charge >= 0.3 is 12.1 Å². The highest BCUT2D eigenvalue weighted by atomic mass is 16.6. The molecule has 0 radical (unpaired) electrons. The van der Waals surface area contributed by atoms with E-state index in [2.05, 4.69) is 10.6 Å². The molecule has 1 aromatic carbocycles. The summed E-state index contributed by atoms with van der Waals surface area (Å²) in [5.74, 6) is -0.406. The summed E-state index contributed by atoms with van der Waals surface area (Å²) in [6, 6.07) is 5.40. The number of piperazine rings is 1. The van der Waals surface area contributed by atoms with Crippen molar-refractivity contribution in [3.63, 3.8) is 0 Å². The van der Waals surface area contributed by atoms with Crippen LogP contribution in [-0.2, 0) is 9.47 Å². The minimum Gasteiger partial charge on any atom is -0.465 e. The predicted molar refractivity (Wildman–Crippen MR) is 95.9 cm³/mol. The number of carbonyl (C=O) groups is 2. The summed E-state index contributed by atoms with van der Waals surface area (Å²) in [7, 11) is 3.12. The molecule has 0 saturated carbocycles. The van der Waals surface area contributed by atoms with Crippen LogP contribution >= 0.6 is 0 Å². The standard InChI is InChI=1S/C18H27N3O4/c1-18(2,3)25-17(23)21-10-9-20-14(11-21)12-7-6-8-13(19-4)15(12)16(22)24-5/h6-8,14,19-20H,9-11H2,1-5H3. The monoisotopic (exact) mass is 349 g/mol. The number of methoxy groups -OCH3 is 1. The number of carbonyl (C=O) groups excluding carboxylic acids is 2. The molecule has 2 rings (SSSR count). The molecule has 1 aliphatic heterocycles. The number of amides is 1. The van der Waals surface area contributed by atoms with Gasteiger partial charge in [-0.3, -0.25) is 0 Å². The third-order valence-corrected chi connectivity index (χ3v) is 3.96. The van der Waals surface area contributed by atoms with E-state index in [0.29, 0.717) is 30.9 Å². The zero-order chi connectivity index (χ0) is 18.6. The number of nitrogens with zero attached hydrogens (tertiary/aromatic N) is 1. The highest BCUT2D eigenvalue weighted by Crippen LogP contribution is 2.28. The number of ether oxygens (including phenoxy) is 2. The van der Waals surface area contributed by atoms with Crippen molar-refractivity contribution in [3.8, 4) is 0 Å². The Kier molecular flexibility index (Phi) is 5.89. The van der Waals surface area contributed by atoms with Crippen LogP contribution in [0.4, 0.5) is 10.5 Å². The van der Waals surface area contributed by atoms with Crippen LogP contribution in [0.1, 0.15) is 42.7 Å². The molecule has 0 aliphatic carbocycles. The summed E-state index contributed by atoms with van der Waals surface area (Å²) in [5, 5.41) is 6.39. The number of hydrogen-bond acceptors (Lipinski definition) is 6. The van der Waals surface area contributed by atoms with Crippen molar-refractivity contribution in [2.45, 2.75) is 32.4 Å². The van der Waals surface area contributed by atoms with Crippen LogP contribution in [0.15, 0.2) is 18.2 Å². The van der Waals surface area contributed by atoms with Crippen LogP contribution in [0.5, 0.6) is 0 Å². The van der Waals surface area contributed by atoms with Crippen LogP contribution in [0.2, 0.25) is 0 Å². The molecular formula is C18H27N3O4. The number of nitrogens with one attached hydrogen (secondary N) is 2. The van der Waals surface area contributed by atoms with Crippen LogP contribution in [0.25, 0.3) is 0 Å². The Balaban J connectivity index is 2.27. The molecule has 7 nitrogen and oxygen atoms in total. The van der Waals surface area contributed by atoms with Gasteiger partial charge in [0, 0.05) is 32.4 Å². The lowest BCUT2D eigenvalue weighted by molar-refractivity contribution is 0.0195. The van der Waals surface area contributed by atoms with Crippen LogP contribution in [-0.4, -0.2) is 56.4 Å². The van der Waals surface area contributed by atoms with E-state index in [1.165, 1.54) is 7.11 Å². The topological polar surface area (TPSA) is 79.9 Å². The van der Waals surface area contributed by atoms with Gasteiger partial charge in [-0.15, -0.1) is 0 Å². The minimum absolute atomic E-state index is 0.177. The van der Waals surface area contributed by atoms with E-state index in [1.54, 1.807) is 11.9 Å². The molecule has 1 amide bonds. The first-order valence-corrected chi connectivity index (χ1v) is 8.37. The first-order chi connectivity index (χ1) is 11.8. The molecule has 1 unspecified atom stereocenters. The fourth-order valence-electron chi connectivity index (χ4n) is 2.85. The van der Waals surface area contributed by atoms with E-state index in [1.807, 2.05) is 39.0 Å². The number of anilines is 1. The lowest BCUT2D eigenvalue weighted by Crippen LogP contribution is -2.50. The fraction of sp³-hybridized carbons (Fsp3) is 0.556. The SMILES string of the molecule is CNc1cccc(C2CN(C(=O)OC(C)(C)C)CCN2)c1C(=O)OC. The zero-order valence-corrected chi connectivity index (χ0v) is 15.5. The maximum Gasteiger partial charge on any atom is 0.410 e. The second-order valence-electron chi connectivity index (χ2n) is 6.94. The molecule has 138 valence electrons. The van der Waals surface area contributed by atoms with E-state index in [9.17, 15) is 9.59 Å². The maximum absolute atomic E-state index is 12.4. The summed E-state index contributed by atoms with van der Waals surface area (Å²) >= 11 is 0. The molecule has 1 heterocycles. The van der Waals surface area contributed by atoms with Crippen LogP contribution in [0, 0.1) is 0 Å². The van der Waals surface area contributed by atoms with Gasteiger partial charge in [0.15, 0.2) is 0 Å². The Morgan fingerprint density at radius 3 is 2.64 bits per heavy atom. The first kappa shape index (κ1) is 19.1. The largest absolute Gasteiger partial charge is 0.465 e. The van der Waals surface area contributed by atoms with E-state index in [-0.39, 0.29) is 12.1 Å².